The average molecular weight is 479 g/mol. The lowest BCUT2D eigenvalue weighted by atomic mass is 9.74. The zero-order valence-electron chi connectivity index (χ0n) is 20.8. The molecule has 186 valence electrons. The number of hydrogen-bond acceptors (Lipinski definition) is 4. The quantitative estimate of drug-likeness (QED) is 0.535. The van der Waals surface area contributed by atoms with Crippen molar-refractivity contribution in [3.8, 4) is 11.1 Å². The fourth-order valence-corrected chi connectivity index (χ4v) is 5.06. The second kappa shape index (κ2) is 9.36. The summed E-state index contributed by atoms with van der Waals surface area (Å²) in [6.45, 7) is 6.82. The molecular weight excluding hydrogens is 444 g/mol. The number of benzene rings is 2. The van der Waals surface area contributed by atoms with Crippen LogP contribution in [-0.4, -0.2) is 41.3 Å². The van der Waals surface area contributed by atoms with Crippen LogP contribution in [0.2, 0.25) is 0 Å². The molecule has 0 heterocycles. The highest BCUT2D eigenvalue weighted by atomic mass is 16.5. The summed E-state index contributed by atoms with van der Waals surface area (Å²) in [7, 11) is 0. The molecule has 7 nitrogen and oxygen atoms in total. The van der Waals surface area contributed by atoms with Gasteiger partial charge in [-0.3, -0.25) is 9.59 Å². The highest BCUT2D eigenvalue weighted by Gasteiger charge is 2.46. The van der Waals surface area contributed by atoms with Gasteiger partial charge in [0.2, 0.25) is 5.91 Å². The van der Waals surface area contributed by atoms with Crippen LogP contribution >= 0.6 is 0 Å². The Hall–Kier alpha value is -3.35. The number of nitrogens with one attached hydrogen (secondary N) is 2. The highest BCUT2D eigenvalue weighted by molar-refractivity contribution is 5.84. The predicted molar refractivity (Wildman–Crippen MR) is 133 cm³/mol. The van der Waals surface area contributed by atoms with E-state index in [9.17, 15) is 19.5 Å². The van der Waals surface area contributed by atoms with E-state index in [1.54, 1.807) is 27.7 Å². The van der Waals surface area contributed by atoms with Gasteiger partial charge in [0.1, 0.15) is 6.61 Å². The van der Waals surface area contributed by atoms with E-state index in [0.29, 0.717) is 12.8 Å². The van der Waals surface area contributed by atoms with Gasteiger partial charge in [0, 0.05) is 17.5 Å². The van der Waals surface area contributed by atoms with Crippen LogP contribution in [0.4, 0.5) is 4.79 Å². The number of fused-ring (bicyclic) bond motifs is 3. The van der Waals surface area contributed by atoms with Crippen LogP contribution in [0.15, 0.2) is 48.5 Å². The second-order valence-corrected chi connectivity index (χ2v) is 10.7. The van der Waals surface area contributed by atoms with E-state index in [1.807, 2.05) is 24.3 Å². The maximum atomic E-state index is 13.1. The van der Waals surface area contributed by atoms with Gasteiger partial charge in [-0.2, -0.15) is 0 Å². The zero-order chi connectivity index (χ0) is 25.4. The van der Waals surface area contributed by atoms with Crippen molar-refractivity contribution in [1.82, 2.24) is 10.6 Å². The Morgan fingerprint density at radius 2 is 1.51 bits per heavy atom. The molecule has 0 spiro atoms. The first-order chi connectivity index (χ1) is 16.5. The fourth-order valence-electron chi connectivity index (χ4n) is 5.06. The average Bonchev–Trinajstić information content (AvgIpc) is 3.39. The largest absolute Gasteiger partial charge is 0.481 e. The summed E-state index contributed by atoms with van der Waals surface area (Å²) in [6.07, 6.45) is 1.56. The second-order valence-electron chi connectivity index (χ2n) is 10.7. The zero-order valence-corrected chi connectivity index (χ0v) is 20.8. The molecule has 2 aromatic carbocycles. The van der Waals surface area contributed by atoms with Crippen molar-refractivity contribution in [3.05, 3.63) is 59.7 Å². The van der Waals surface area contributed by atoms with Crippen molar-refractivity contribution in [1.29, 1.82) is 0 Å². The topological polar surface area (TPSA) is 105 Å². The third-order valence-corrected chi connectivity index (χ3v) is 8.03. The lowest BCUT2D eigenvalue weighted by Crippen LogP contribution is -2.59. The van der Waals surface area contributed by atoms with Gasteiger partial charge in [0.15, 0.2) is 0 Å². The molecule has 0 radical (unpaired) electrons. The van der Waals surface area contributed by atoms with Gasteiger partial charge in [-0.15, -0.1) is 0 Å². The minimum absolute atomic E-state index is 0.0325. The number of hydrogen-bond donors (Lipinski definition) is 3. The molecule has 4 rings (SSSR count). The molecule has 0 unspecified atom stereocenters. The number of carboxylic acid groups (broad SMARTS) is 1. The van der Waals surface area contributed by atoms with Crippen LogP contribution in [0, 0.1) is 11.3 Å². The summed E-state index contributed by atoms with van der Waals surface area (Å²) < 4.78 is 5.66. The number of carbonyl (C=O) groups is 3. The Bertz CT molecular complexity index is 1090. The highest BCUT2D eigenvalue weighted by Crippen LogP contribution is 2.44. The number of aliphatic carboxylic acids is 1. The SMILES string of the molecule is CC(C)(NC(=O)[C@@H]1CCC[C@@H]1NC(=O)OCC1c2ccccc2-c2ccccc21)C(C)(C)C(=O)O. The fraction of sp³-hybridized carbons (Fsp3) is 0.464. The van der Waals surface area contributed by atoms with E-state index in [4.69, 9.17) is 4.74 Å². The minimum Gasteiger partial charge on any atom is -0.481 e. The van der Waals surface area contributed by atoms with Crippen molar-refractivity contribution in [2.75, 3.05) is 6.61 Å². The molecule has 0 aliphatic heterocycles. The number of carbonyl (C=O) groups excluding carboxylic acids is 2. The molecule has 7 heteroatoms. The van der Waals surface area contributed by atoms with Crippen molar-refractivity contribution in [2.24, 2.45) is 11.3 Å². The standard InChI is InChI=1S/C28H34N2O5/c1-27(2,25(32)33)28(3,4)30-24(31)21-14-9-15-23(21)29-26(34)35-16-22-19-12-7-5-10-17(19)18-11-6-8-13-20(18)22/h5-8,10-13,21-23H,9,14-16H2,1-4H3,(H,29,34)(H,30,31)(H,32,33)/t21-,23+/m1/s1. The van der Waals surface area contributed by atoms with Crippen molar-refractivity contribution in [2.45, 2.75) is 64.5 Å². The molecule has 2 aliphatic rings. The number of rotatable bonds is 7. The Kier molecular flexibility index (Phi) is 6.62. The van der Waals surface area contributed by atoms with E-state index in [0.717, 1.165) is 28.7 Å². The predicted octanol–water partition coefficient (Wildman–Crippen LogP) is 4.70. The first-order valence-electron chi connectivity index (χ1n) is 12.2. The van der Waals surface area contributed by atoms with Crippen molar-refractivity contribution >= 4 is 18.0 Å². The summed E-state index contributed by atoms with van der Waals surface area (Å²) in [5.41, 5.74) is 2.49. The lowest BCUT2D eigenvalue weighted by molar-refractivity contribution is -0.152. The number of carboxylic acids is 1. The van der Waals surface area contributed by atoms with Crippen LogP contribution < -0.4 is 10.6 Å². The monoisotopic (exact) mass is 478 g/mol. The summed E-state index contributed by atoms with van der Waals surface area (Å²) in [5, 5.41) is 15.4. The molecule has 2 atom stereocenters. The van der Waals surface area contributed by atoms with Crippen LogP contribution in [0.3, 0.4) is 0 Å². The first-order valence-corrected chi connectivity index (χ1v) is 12.2. The van der Waals surface area contributed by atoms with Gasteiger partial charge in [-0.1, -0.05) is 55.0 Å². The van der Waals surface area contributed by atoms with Crippen LogP contribution in [0.25, 0.3) is 11.1 Å². The molecule has 1 saturated carbocycles. The number of ether oxygens (including phenoxy) is 1. The maximum Gasteiger partial charge on any atom is 0.407 e. The Morgan fingerprint density at radius 1 is 0.943 bits per heavy atom. The molecular formula is C28H34N2O5. The van der Waals surface area contributed by atoms with E-state index >= 15 is 0 Å². The van der Waals surface area contributed by atoms with E-state index in [1.165, 1.54) is 0 Å². The van der Waals surface area contributed by atoms with Gasteiger partial charge in [0.05, 0.1) is 11.3 Å². The van der Waals surface area contributed by atoms with Crippen LogP contribution in [0.1, 0.15) is 64.0 Å². The molecule has 2 amide bonds. The van der Waals surface area contributed by atoms with E-state index in [-0.39, 0.29) is 24.5 Å². The summed E-state index contributed by atoms with van der Waals surface area (Å²) in [5.74, 6) is -1.69. The Morgan fingerprint density at radius 3 is 2.09 bits per heavy atom. The van der Waals surface area contributed by atoms with Gasteiger partial charge >= 0.3 is 12.1 Å². The lowest BCUT2D eigenvalue weighted by Gasteiger charge is -2.39. The molecule has 35 heavy (non-hydrogen) atoms. The normalized spacial score (nSPS) is 19.5. The molecule has 2 aromatic rings. The van der Waals surface area contributed by atoms with Gasteiger partial charge < -0.3 is 20.5 Å². The molecule has 2 aliphatic carbocycles. The van der Waals surface area contributed by atoms with Crippen molar-refractivity contribution < 1.29 is 24.2 Å². The number of amides is 2. The van der Waals surface area contributed by atoms with Crippen LogP contribution in [-0.2, 0) is 14.3 Å². The third-order valence-electron chi connectivity index (χ3n) is 8.03. The van der Waals surface area contributed by atoms with E-state index < -0.39 is 28.9 Å². The van der Waals surface area contributed by atoms with Gasteiger partial charge in [-0.05, 0) is 62.8 Å². The molecule has 0 saturated heterocycles. The van der Waals surface area contributed by atoms with Gasteiger partial charge in [-0.25, -0.2) is 4.79 Å². The maximum absolute atomic E-state index is 13.1. The first kappa shape index (κ1) is 24.8. The summed E-state index contributed by atoms with van der Waals surface area (Å²) in [6, 6.07) is 16.0. The number of alkyl carbamates (subject to hydrolysis) is 1. The van der Waals surface area contributed by atoms with Crippen molar-refractivity contribution in [3.63, 3.8) is 0 Å². The summed E-state index contributed by atoms with van der Waals surface area (Å²) in [4.78, 5) is 37.5. The Balaban J connectivity index is 1.38. The third kappa shape index (κ3) is 4.64. The molecule has 1 fully saturated rings. The van der Waals surface area contributed by atoms with Gasteiger partial charge in [0.25, 0.3) is 0 Å². The Labute approximate surface area is 206 Å². The molecule has 3 N–H and O–H groups in total. The molecule has 0 bridgehead atoms. The smallest absolute Gasteiger partial charge is 0.407 e. The summed E-state index contributed by atoms with van der Waals surface area (Å²) >= 11 is 0. The van der Waals surface area contributed by atoms with E-state index in [2.05, 4.69) is 34.9 Å². The van der Waals surface area contributed by atoms with Crippen LogP contribution in [0.5, 0.6) is 0 Å². The minimum atomic E-state index is -1.16. The molecule has 0 aromatic heterocycles.